The summed E-state index contributed by atoms with van der Waals surface area (Å²) >= 11 is 0. The molecule has 104 valence electrons. The molecule has 0 spiro atoms. The van der Waals surface area contributed by atoms with Gasteiger partial charge in [-0.15, -0.1) is 0 Å². The maximum Gasteiger partial charge on any atom is 0.134 e. The van der Waals surface area contributed by atoms with Crippen LogP contribution in [0, 0.1) is 5.92 Å². The highest BCUT2D eigenvalue weighted by atomic mass is 16.3. The Morgan fingerprint density at radius 2 is 2.21 bits per heavy atom. The summed E-state index contributed by atoms with van der Waals surface area (Å²) in [6, 6.07) is 2.22. The number of nitrogens with zero attached hydrogens (tertiary/aromatic N) is 3. The minimum absolute atomic E-state index is 0.203. The zero-order valence-corrected chi connectivity index (χ0v) is 11.3. The first-order valence-electron chi connectivity index (χ1n) is 7.30. The lowest BCUT2D eigenvalue weighted by Crippen LogP contribution is -2.32. The van der Waals surface area contributed by atoms with Crippen LogP contribution < -0.4 is 10.2 Å². The SMILES string of the molecule is OCC1CCCN1c1cc(NCCC2CC2)ncn1. The van der Waals surface area contributed by atoms with E-state index in [1.54, 1.807) is 6.33 Å². The van der Waals surface area contributed by atoms with Crippen LogP contribution in [0.5, 0.6) is 0 Å². The molecule has 5 nitrogen and oxygen atoms in total. The molecule has 2 aliphatic rings. The summed E-state index contributed by atoms with van der Waals surface area (Å²) in [5.74, 6) is 2.76. The zero-order valence-electron chi connectivity index (χ0n) is 11.3. The zero-order chi connectivity index (χ0) is 13.1. The van der Waals surface area contributed by atoms with Crippen molar-refractivity contribution in [2.75, 3.05) is 29.9 Å². The van der Waals surface area contributed by atoms with Crippen molar-refractivity contribution in [3.8, 4) is 0 Å². The van der Waals surface area contributed by atoms with Gasteiger partial charge in [0.2, 0.25) is 0 Å². The Labute approximate surface area is 114 Å². The molecule has 2 N–H and O–H groups in total. The average molecular weight is 262 g/mol. The number of anilines is 2. The van der Waals surface area contributed by atoms with Crippen LogP contribution in [0.2, 0.25) is 0 Å². The molecular formula is C14H22N4O. The van der Waals surface area contributed by atoms with E-state index in [1.807, 2.05) is 6.07 Å². The van der Waals surface area contributed by atoms with E-state index in [1.165, 1.54) is 19.3 Å². The third kappa shape index (κ3) is 3.15. The molecule has 0 aromatic carbocycles. The van der Waals surface area contributed by atoms with Crippen molar-refractivity contribution in [3.05, 3.63) is 12.4 Å². The first-order valence-corrected chi connectivity index (χ1v) is 7.30. The van der Waals surface area contributed by atoms with Gasteiger partial charge in [-0.2, -0.15) is 0 Å². The molecule has 0 radical (unpaired) electrons. The summed E-state index contributed by atoms with van der Waals surface area (Å²) in [7, 11) is 0. The van der Waals surface area contributed by atoms with Gasteiger partial charge >= 0.3 is 0 Å². The predicted molar refractivity (Wildman–Crippen MR) is 75.3 cm³/mol. The Morgan fingerprint density at radius 3 is 3.00 bits per heavy atom. The molecule has 1 aliphatic carbocycles. The van der Waals surface area contributed by atoms with Gasteiger partial charge in [0.1, 0.15) is 18.0 Å². The summed E-state index contributed by atoms with van der Waals surface area (Å²) in [5.41, 5.74) is 0. The Balaban J connectivity index is 1.61. The van der Waals surface area contributed by atoms with Crippen molar-refractivity contribution < 1.29 is 5.11 Å². The average Bonchev–Trinajstić information content (AvgIpc) is 3.14. The summed E-state index contributed by atoms with van der Waals surface area (Å²) in [6.07, 6.45) is 7.81. The van der Waals surface area contributed by atoms with Crippen LogP contribution in [0.4, 0.5) is 11.6 Å². The normalized spacial score (nSPS) is 22.8. The Morgan fingerprint density at radius 1 is 1.32 bits per heavy atom. The fourth-order valence-electron chi connectivity index (χ4n) is 2.74. The number of aliphatic hydroxyl groups is 1. The molecule has 3 rings (SSSR count). The second-order valence-corrected chi connectivity index (χ2v) is 5.59. The molecule has 2 fully saturated rings. The van der Waals surface area contributed by atoms with Gasteiger partial charge in [0.25, 0.3) is 0 Å². The van der Waals surface area contributed by atoms with Gasteiger partial charge in [-0.25, -0.2) is 9.97 Å². The first kappa shape index (κ1) is 12.7. The maximum absolute atomic E-state index is 9.38. The molecule has 2 heterocycles. The number of rotatable bonds is 6. The second kappa shape index (κ2) is 5.74. The van der Waals surface area contributed by atoms with Gasteiger partial charge in [0.15, 0.2) is 0 Å². The van der Waals surface area contributed by atoms with E-state index in [-0.39, 0.29) is 12.6 Å². The van der Waals surface area contributed by atoms with Crippen LogP contribution in [0.3, 0.4) is 0 Å². The van der Waals surface area contributed by atoms with Crippen LogP contribution >= 0.6 is 0 Å². The summed E-state index contributed by atoms with van der Waals surface area (Å²) in [5, 5.41) is 12.7. The third-order valence-electron chi connectivity index (χ3n) is 4.09. The molecule has 1 atom stereocenters. The lowest BCUT2D eigenvalue weighted by atomic mass is 10.2. The molecule has 1 saturated carbocycles. The molecule has 1 aliphatic heterocycles. The molecular weight excluding hydrogens is 240 g/mol. The number of nitrogens with one attached hydrogen (secondary N) is 1. The second-order valence-electron chi connectivity index (χ2n) is 5.59. The maximum atomic E-state index is 9.38. The quantitative estimate of drug-likeness (QED) is 0.816. The van der Waals surface area contributed by atoms with Crippen LogP contribution in [0.25, 0.3) is 0 Å². The van der Waals surface area contributed by atoms with E-state index in [0.29, 0.717) is 0 Å². The number of aliphatic hydroxyl groups excluding tert-OH is 1. The smallest absolute Gasteiger partial charge is 0.134 e. The van der Waals surface area contributed by atoms with Gasteiger partial charge in [-0.05, 0) is 25.2 Å². The van der Waals surface area contributed by atoms with Crippen LogP contribution in [-0.2, 0) is 0 Å². The number of hydrogen-bond donors (Lipinski definition) is 2. The van der Waals surface area contributed by atoms with Gasteiger partial charge < -0.3 is 15.3 Å². The highest BCUT2D eigenvalue weighted by Crippen LogP contribution is 2.32. The van der Waals surface area contributed by atoms with E-state index in [0.717, 1.165) is 43.5 Å². The van der Waals surface area contributed by atoms with Crippen LogP contribution in [-0.4, -0.2) is 40.8 Å². The van der Waals surface area contributed by atoms with Crippen molar-refractivity contribution in [2.45, 2.75) is 38.1 Å². The molecule has 19 heavy (non-hydrogen) atoms. The lowest BCUT2D eigenvalue weighted by Gasteiger charge is -2.24. The number of hydrogen-bond acceptors (Lipinski definition) is 5. The van der Waals surface area contributed by atoms with Crippen molar-refractivity contribution >= 4 is 11.6 Å². The Kier molecular flexibility index (Phi) is 3.82. The molecule has 5 heteroatoms. The fraction of sp³-hybridized carbons (Fsp3) is 0.714. The van der Waals surface area contributed by atoms with Crippen molar-refractivity contribution in [1.82, 2.24) is 9.97 Å². The van der Waals surface area contributed by atoms with Crippen molar-refractivity contribution in [2.24, 2.45) is 5.92 Å². The summed E-state index contributed by atoms with van der Waals surface area (Å²) in [6.45, 7) is 2.17. The lowest BCUT2D eigenvalue weighted by molar-refractivity contribution is 0.266. The highest BCUT2D eigenvalue weighted by molar-refractivity contribution is 5.49. The summed E-state index contributed by atoms with van der Waals surface area (Å²) < 4.78 is 0. The molecule has 1 aromatic rings. The third-order valence-corrected chi connectivity index (χ3v) is 4.09. The van der Waals surface area contributed by atoms with E-state index in [9.17, 15) is 5.11 Å². The van der Waals surface area contributed by atoms with E-state index in [2.05, 4.69) is 20.2 Å². The van der Waals surface area contributed by atoms with Crippen molar-refractivity contribution in [1.29, 1.82) is 0 Å². The van der Waals surface area contributed by atoms with E-state index in [4.69, 9.17) is 0 Å². The minimum Gasteiger partial charge on any atom is -0.394 e. The molecule has 0 bridgehead atoms. The minimum atomic E-state index is 0.203. The van der Waals surface area contributed by atoms with Crippen LogP contribution in [0.1, 0.15) is 32.1 Å². The van der Waals surface area contributed by atoms with E-state index >= 15 is 0 Å². The molecule has 0 amide bonds. The fourth-order valence-corrected chi connectivity index (χ4v) is 2.74. The van der Waals surface area contributed by atoms with Gasteiger partial charge in [-0.3, -0.25) is 0 Å². The highest BCUT2D eigenvalue weighted by Gasteiger charge is 2.25. The predicted octanol–water partition coefficient (Wildman–Crippen LogP) is 1.65. The largest absolute Gasteiger partial charge is 0.394 e. The van der Waals surface area contributed by atoms with Crippen molar-refractivity contribution in [3.63, 3.8) is 0 Å². The Bertz CT molecular complexity index is 422. The molecule has 1 unspecified atom stereocenters. The molecule has 1 saturated heterocycles. The monoisotopic (exact) mass is 262 g/mol. The summed E-state index contributed by atoms with van der Waals surface area (Å²) in [4.78, 5) is 10.8. The first-order chi connectivity index (χ1) is 9.36. The van der Waals surface area contributed by atoms with Gasteiger partial charge in [0.05, 0.1) is 12.6 Å². The Hall–Kier alpha value is -1.36. The standard InChI is InChI=1S/C14H22N4O/c19-9-12-2-1-7-18(12)14-8-13(16-10-17-14)15-6-5-11-3-4-11/h8,10-12,19H,1-7,9H2,(H,15,16,17). The van der Waals surface area contributed by atoms with Gasteiger partial charge in [-0.1, -0.05) is 12.8 Å². The van der Waals surface area contributed by atoms with E-state index < -0.39 is 0 Å². The number of aromatic nitrogens is 2. The van der Waals surface area contributed by atoms with Crippen LogP contribution in [0.15, 0.2) is 12.4 Å². The topological polar surface area (TPSA) is 61.3 Å². The molecule has 1 aromatic heterocycles. The van der Waals surface area contributed by atoms with Gasteiger partial charge in [0, 0.05) is 19.2 Å².